The summed E-state index contributed by atoms with van der Waals surface area (Å²) in [6.45, 7) is 11.0. The molecule has 0 amide bonds. The maximum atomic E-state index is 10.7. The third-order valence-electron chi connectivity index (χ3n) is 5.02. The number of nitrogens with zero attached hydrogens (tertiary/aromatic N) is 1. The first kappa shape index (κ1) is 14.5. The molecule has 2 nitrogen and oxygen atoms in total. The molecule has 3 heteroatoms. The molecule has 1 heterocycles. The van der Waals surface area contributed by atoms with Crippen LogP contribution in [0.3, 0.4) is 0 Å². The van der Waals surface area contributed by atoms with Crippen molar-refractivity contribution >= 4 is 8.58 Å². The SMILES string of the molecule is CCC1=C(PC)C2(CC1)CCN(C(C)C)CC2O. The van der Waals surface area contributed by atoms with Gasteiger partial charge in [-0.1, -0.05) is 21.1 Å². The number of aliphatic hydroxyl groups excluding tert-OH is 1. The minimum atomic E-state index is -0.153. The van der Waals surface area contributed by atoms with Gasteiger partial charge in [0.2, 0.25) is 0 Å². The largest absolute Gasteiger partial charge is 0.391 e. The van der Waals surface area contributed by atoms with Crippen LogP contribution in [0.25, 0.3) is 0 Å². The number of allylic oxidation sites excluding steroid dienone is 1. The van der Waals surface area contributed by atoms with E-state index in [0.717, 1.165) is 28.1 Å². The van der Waals surface area contributed by atoms with Crippen molar-refractivity contribution in [3.8, 4) is 0 Å². The lowest BCUT2D eigenvalue weighted by atomic mass is 9.75. The molecule has 0 radical (unpaired) electrons. The number of hydrogen-bond donors (Lipinski definition) is 1. The molecule has 18 heavy (non-hydrogen) atoms. The fourth-order valence-electron chi connectivity index (χ4n) is 3.81. The van der Waals surface area contributed by atoms with E-state index in [0.29, 0.717) is 6.04 Å². The summed E-state index contributed by atoms with van der Waals surface area (Å²) in [4.78, 5) is 2.43. The molecule has 1 saturated heterocycles. The number of aliphatic hydroxyl groups is 1. The lowest BCUT2D eigenvalue weighted by molar-refractivity contribution is -0.0303. The summed E-state index contributed by atoms with van der Waals surface area (Å²) in [5.74, 6) is 0. The summed E-state index contributed by atoms with van der Waals surface area (Å²) < 4.78 is 0. The highest BCUT2D eigenvalue weighted by Crippen LogP contribution is 2.56. The highest BCUT2D eigenvalue weighted by molar-refractivity contribution is 7.42. The van der Waals surface area contributed by atoms with Crippen molar-refractivity contribution in [2.24, 2.45) is 5.41 Å². The topological polar surface area (TPSA) is 23.5 Å². The van der Waals surface area contributed by atoms with Crippen LogP contribution in [0.15, 0.2) is 10.9 Å². The molecule has 1 spiro atoms. The standard InChI is InChI=1S/C15H28NOP/c1-5-12-6-7-15(14(12)18-4)8-9-16(11(2)3)10-13(15)17/h11,13,17-18H,5-10H2,1-4H3. The van der Waals surface area contributed by atoms with E-state index in [1.807, 2.05) is 0 Å². The van der Waals surface area contributed by atoms with Crippen LogP contribution in [0, 0.1) is 5.41 Å². The Balaban J connectivity index is 2.21. The number of rotatable bonds is 3. The highest BCUT2D eigenvalue weighted by atomic mass is 31.1. The van der Waals surface area contributed by atoms with Gasteiger partial charge in [0.25, 0.3) is 0 Å². The number of hydrogen-bond acceptors (Lipinski definition) is 2. The zero-order valence-corrected chi connectivity index (χ0v) is 13.3. The van der Waals surface area contributed by atoms with Crippen molar-refractivity contribution in [1.82, 2.24) is 4.90 Å². The van der Waals surface area contributed by atoms with Gasteiger partial charge in [-0.15, -0.1) is 0 Å². The van der Waals surface area contributed by atoms with E-state index in [4.69, 9.17) is 0 Å². The highest BCUT2D eigenvalue weighted by Gasteiger charge is 2.48. The van der Waals surface area contributed by atoms with Gasteiger partial charge < -0.3 is 5.11 Å². The predicted molar refractivity (Wildman–Crippen MR) is 80.6 cm³/mol. The average Bonchev–Trinajstić information content (AvgIpc) is 2.71. The van der Waals surface area contributed by atoms with Crippen LogP contribution in [-0.4, -0.2) is 41.9 Å². The first-order valence-corrected chi connectivity index (χ1v) is 8.87. The van der Waals surface area contributed by atoms with Gasteiger partial charge in [0, 0.05) is 18.0 Å². The van der Waals surface area contributed by atoms with Gasteiger partial charge in [-0.25, -0.2) is 0 Å². The molecule has 2 rings (SSSR count). The lowest BCUT2D eigenvalue weighted by Gasteiger charge is -2.46. The molecule has 0 bridgehead atoms. The van der Waals surface area contributed by atoms with Gasteiger partial charge in [-0.2, -0.15) is 0 Å². The van der Waals surface area contributed by atoms with Crippen LogP contribution in [0.1, 0.15) is 46.5 Å². The first-order chi connectivity index (χ1) is 8.55. The maximum absolute atomic E-state index is 10.7. The van der Waals surface area contributed by atoms with Crippen LogP contribution in [-0.2, 0) is 0 Å². The van der Waals surface area contributed by atoms with E-state index in [9.17, 15) is 5.11 Å². The zero-order valence-electron chi connectivity index (χ0n) is 12.3. The Morgan fingerprint density at radius 3 is 2.67 bits per heavy atom. The number of likely N-dealkylation sites (tertiary alicyclic amines) is 1. The minimum absolute atomic E-state index is 0.143. The predicted octanol–water partition coefficient (Wildman–Crippen LogP) is 3.21. The molecule has 1 aliphatic carbocycles. The Morgan fingerprint density at radius 2 is 2.17 bits per heavy atom. The Morgan fingerprint density at radius 1 is 1.44 bits per heavy atom. The van der Waals surface area contributed by atoms with E-state index in [1.165, 1.54) is 19.3 Å². The summed E-state index contributed by atoms with van der Waals surface area (Å²) in [5.41, 5.74) is 1.79. The Hall–Kier alpha value is 0.0900. The fraction of sp³-hybridized carbons (Fsp3) is 0.867. The van der Waals surface area contributed by atoms with Crippen LogP contribution >= 0.6 is 8.58 Å². The molecule has 0 aromatic heterocycles. The maximum Gasteiger partial charge on any atom is 0.0764 e. The van der Waals surface area contributed by atoms with Gasteiger partial charge in [0.05, 0.1) is 6.10 Å². The molecule has 1 N–H and O–H groups in total. The van der Waals surface area contributed by atoms with Gasteiger partial charge in [0.1, 0.15) is 0 Å². The van der Waals surface area contributed by atoms with Crippen LogP contribution in [0.2, 0.25) is 0 Å². The Bertz CT molecular complexity index is 339. The van der Waals surface area contributed by atoms with Crippen LogP contribution in [0.4, 0.5) is 0 Å². The van der Waals surface area contributed by atoms with Gasteiger partial charge in [0.15, 0.2) is 0 Å². The average molecular weight is 269 g/mol. The third-order valence-corrected chi connectivity index (χ3v) is 6.37. The Kier molecular flexibility index (Phi) is 4.52. The van der Waals surface area contributed by atoms with Crippen molar-refractivity contribution in [3.63, 3.8) is 0 Å². The Labute approximate surface area is 114 Å². The van der Waals surface area contributed by atoms with Crippen molar-refractivity contribution < 1.29 is 5.11 Å². The first-order valence-electron chi connectivity index (χ1n) is 7.37. The molecule has 1 fully saturated rings. The zero-order chi connectivity index (χ0) is 13.3. The fourth-order valence-corrected chi connectivity index (χ4v) is 5.38. The molecule has 3 atom stereocenters. The molecule has 0 aromatic carbocycles. The summed E-state index contributed by atoms with van der Waals surface area (Å²) in [6.07, 6.45) is 4.61. The second-order valence-electron chi connectivity index (χ2n) is 6.09. The van der Waals surface area contributed by atoms with E-state index >= 15 is 0 Å². The molecule has 1 aliphatic heterocycles. The van der Waals surface area contributed by atoms with Crippen LogP contribution < -0.4 is 0 Å². The normalized spacial score (nSPS) is 34.7. The third kappa shape index (κ3) is 2.28. The summed E-state index contributed by atoms with van der Waals surface area (Å²) in [6, 6.07) is 0.556. The van der Waals surface area contributed by atoms with E-state index < -0.39 is 0 Å². The van der Waals surface area contributed by atoms with Crippen molar-refractivity contribution in [1.29, 1.82) is 0 Å². The van der Waals surface area contributed by atoms with Gasteiger partial charge >= 0.3 is 0 Å². The molecule has 2 aliphatic rings. The second-order valence-corrected chi connectivity index (χ2v) is 7.09. The van der Waals surface area contributed by atoms with Crippen molar-refractivity contribution in [2.75, 3.05) is 19.8 Å². The van der Waals surface area contributed by atoms with E-state index in [-0.39, 0.29) is 11.5 Å². The second kappa shape index (κ2) is 5.61. The number of β-amino-alcohol motifs (C(OH)–C–C–N with tert-alkyl or cyclic N) is 1. The molecular formula is C15H28NOP. The monoisotopic (exact) mass is 269 g/mol. The molecule has 0 aromatic rings. The van der Waals surface area contributed by atoms with Gasteiger partial charge in [-0.3, -0.25) is 4.90 Å². The molecular weight excluding hydrogens is 241 g/mol. The smallest absolute Gasteiger partial charge is 0.0764 e. The summed E-state index contributed by atoms with van der Waals surface area (Å²) in [7, 11) is 0.874. The molecule has 104 valence electrons. The van der Waals surface area contributed by atoms with Crippen LogP contribution in [0.5, 0.6) is 0 Å². The van der Waals surface area contributed by atoms with Gasteiger partial charge in [-0.05, 0) is 58.1 Å². The summed E-state index contributed by atoms with van der Waals surface area (Å²) >= 11 is 0. The minimum Gasteiger partial charge on any atom is -0.391 e. The van der Waals surface area contributed by atoms with E-state index in [2.05, 4.69) is 32.3 Å². The number of piperidine rings is 1. The van der Waals surface area contributed by atoms with E-state index in [1.54, 1.807) is 10.9 Å². The summed E-state index contributed by atoms with van der Waals surface area (Å²) in [5, 5.41) is 12.3. The quantitative estimate of drug-likeness (QED) is 0.795. The van der Waals surface area contributed by atoms with Crippen molar-refractivity contribution in [3.05, 3.63) is 10.9 Å². The molecule has 0 saturated carbocycles. The van der Waals surface area contributed by atoms with Crippen molar-refractivity contribution in [2.45, 2.75) is 58.6 Å². The lowest BCUT2D eigenvalue weighted by Crippen LogP contribution is -2.52. The molecule has 3 unspecified atom stereocenters.